The molecule has 90 valence electrons. The Morgan fingerprint density at radius 2 is 2.41 bits per heavy atom. The minimum absolute atomic E-state index is 0.160. The number of anilines is 1. The Morgan fingerprint density at radius 3 is 2.88 bits per heavy atom. The van der Waals surface area contributed by atoms with Gasteiger partial charge >= 0.3 is 5.97 Å². The van der Waals surface area contributed by atoms with Gasteiger partial charge in [0.05, 0.1) is 10.6 Å². The molecule has 17 heavy (non-hydrogen) atoms. The minimum Gasteiger partial charge on any atom is -0.480 e. The van der Waals surface area contributed by atoms with Crippen molar-refractivity contribution < 1.29 is 9.90 Å². The first-order valence-corrected chi connectivity index (χ1v) is 5.48. The molecule has 1 N–H and O–H groups in total. The molecular formula is C11H12ClN3O2. The zero-order valence-corrected chi connectivity index (χ0v) is 10.1. The van der Waals surface area contributed by atoms with Gasteiger partial charge in [0, 0.05) is 12.7 Å². The van der Waals surface area contributed by atoms with Gasteiger partial charge in [0.1, 0.15) is 18.4 Å². The zero-order chi connectivity index (χ0) is 12.8. The van der Waals surface area contributed by atoms with Crippen molar-refractivity contribution in [1.29, 1.82) is 5.26 Å². The molecule has 0 saturated carbocycles. The molecular weight excluding hydrogens is 242 g/mol. The van der Waals surface area contributed by atoms with Gasteiger partial charge in [-0.1, -0.05) is 18.5 Å². The Morgan fingerprint density at radius 1 is 1.71 bits per heavy atom. The number of aliphatic carboxylic acids is 1. The van der Waals surface area contributed by atoms with E-state index in [0.717, 1.165) is 6.42 Å². The third kappa shape index (κ3) is 3.61. The third-order valence-corrected chi connectivity index (χ3v) is 2.35. The highest BCUT2D eigenvalue weighted by Gasteiger charge is 2.14. The molecule has 0 aliphatic heterocycles. The summed E-state index contributed by atoms with van der Waals surface area (Å²) >= 11 is 5.97. The fourth-order valence-electron chi connectivity index (χ4n) is 1.42. The van der Waals surface area contributed by atoms with Gasteiger partial charge in [-0.25, -0.2) is 4.98 Å². The number of aromatic nitrogens is 1. The lowest BCUT2D eigenvalue weighted by molar-refractivity contribution is -0.135. The molecule has 6 heteroatoms. The van der Waals surface area contributed by atoms with Crippen LogP contribution in [0.5, 0.6) is 0 Å². The summed E-state index contributed by atoms with van der Waals surface area (Å²) in [4.78, 5) is 16.3. The highest BCUT2D eigenvalue weighted by molar-refractivity contribution is 6.33. The van der Waals surface area contributed by atoms with Crippen LogP contribution in [0.25, 0.3) is 0 Å². The van der Waals surface area contributed by atoms with Gasteiger partial charge in [0.25, 0.3) is 0 Å². The van der Waals surface area contributed by atoms with Gasteiger partial charge in [-0.2, -0.15) is 5.26 Å². The molecule has 5 nitrogen and oxygen atoms in total. The van der Waals surface area contributed by atoms with Gasteiger partial charge in [-0.3, -0.25) is 4.79 Å². The molecule has 1 aromatic heterocycles. The molecule has 0 bridgehead atoms. The lowest BCUT2D eigenvalue weighted by Crippen LogP contribution is -2.31. The Balaban J connectivity index is 3.01. The number of nitriles is 1. The van der Waals surface area contributed by atoms with E-state index in [-0.39, 0.29) is 6.54 Å². The molecule has 1 rings (SSSR count). The van der Waals surface area contributed by atoms with Crippen molar-refractivity contribution in [2.75, 3.05) is 18.0 Å². The van der Waals surface area contributed by atoms with E-state index in [9.17, 15) is 4.79 Å². The molecule has 0 atom stereocenters. The number of pyridine rings is 1. The van der Waals surface area contributed by atoms with Crippen LogP contribution in [0.2, 0.25) is 5.02 Å². The Bertz CT molecular complexity index is 457. The first-order valence-electron chi connectivity index (χ1n) is 5.10. The molecule has 0 aliphatic carbocycles. The first kappa shape index (κ1) is 13.3. The number of carboxylic acid groups (broad SMARTS) is 1. The highest BCUT2D eigenvalue weighted by atomic mass is 35.5. The van der Waals surface area contributed by atoms with Crippen LogP contribution in [-0.2, 0) is 4.79 Å². The molecule has 0 radical (unpaired) electrons. The van der Waals surface area contributed by atoms with Crippen LogP contribution in [0.3, 0.4) is 0 Å². The molecule has 1 aromatic rings. The van der Waals surface area contributed by atoms with Crippen LogP contribution in [0.1, 0.15) is 18.9 Å². The molecule has 0 fully saturated rings. The lowest BCUT2D eigenvalue weighted by Gasteiger charge is -2.21. The van der Waals surface area contributed by atoms with Crippen molar-refractivity contribution >= 4 is 23.4 Å². The van der Waals surface area contributed by atoms with Crippen molar-refractivity contribution in [3.05, 3.63) is 22.8 Å². The molecule has 0 saturated heterocycles. The highest BCUT2D eigenvalue weighted by Crippen LogP contribution is 2.23. The summed E-state index contributed by atoms with van der Waals surface area (Å²) in [6.07, 6.45) is 2.16. The second kappa shape index (κ2) is 6.06. The van der Waals surface area contributed by atoms with Gasteiger partial charge < -0.3 is 10.0 Å². The maximum Gasteiger partial charge on any atom is 0.323 e. The SMILES string of the molecule is CCCN(CC(=O)O)c1ncc(C#N)cc1Cl. The molecule has 0 unspecified atom stereocenters. The van der Waals surface area contributed by atoms with E-state index in [1.165, 1.54) is 12.3 Å². The number of nitrogens with zero attached hydrogens (tertiary/aromatic N) is 3. The normalized spacial score (nSPS) is 9.71. The number of rotatable bonds is 5. The number of carbonyl (C=O) groups is 1. The maximum absolute atomic E-state index is 10.7. The van der Waals surface area contributed by atoms with Crippen molar-refractivity contribution in [2.45, 2.75) is 13.3 Å². The van der Waals surface area contributed by atoms with Crippen LogP contribution in [-0.4, -0.2) is 29.1 Å². The lowest BCUT2D eigenvalue weighted by atomic mass is 10.3. The van der Waals surface area contributed by atoms with Crippen LogP contribution in [0.15, 0.2) is 12.3 Å². The van der Waals surface area contributed by atoms with E-state index in [4.69, 9.17) is 22.0 Å². The summed E-state index contributed by atoms with van der Waals surface area (Å²) < 4.78 is 0. The average molecular weight is 254 g/mol. The van der Waals surface area contributed by atoms with Gasteiger partial charge in [-0.05, 0) is 12.5 Å². The number of hydrogen-bond acceptors (Lipinski definition) is 4. The largest absolute Gasteiger partial charge is 0.480 e. The quantitative estimate of drug-likeness (QED) is 0.867. The second-order valence-corrected chi connectivity index (χ2v) is 3.86. The van der Waals surface area contributed by atoms with E-state index in [1.807, 2.05) is 13.0 Å². The van der Waals surface area contributed by atoms with Crippen LogP contribution < -0.4 is 4.90 Å². The van der Waals surface area contributed by atoms with Crippen LogP contribution in [0.4, 0.5) is 5.82 Å². The Labute approximate surface area is 104 Å². The van der Waals surface area contributed by atoms with Crippen LogP contribution in [0, 0.1) is 11.3 Å². The Hall–Kier alpha value is -1.80. The molecule has 0 aliphatic rings. The van der Waals surface area contributed by atoms with Gasteiger partial charge in [-0.15, -0.1) is 0 Å². The summed E-state index contributed by atoms with van der Waals surface area (Å²) in [7, 11) is 0. The summed E-state index contributed by atoms with van der Waals surface area (Å²) in [6, 6.07) is 3.41. The van der Waals surface area contributed by atoms with Crippen molar-refractivity contribution in [3.63, 3.8) is 0 Å². The van der Waals surface area contributed by atoms with Gasteiger partial charge in [0.2, 0.25) is 0 Å². The summed E-state index contributed by atoms with van der Waals surface area (Å²) in [6.45, 7) is 2.32. The predicted molar refractivity (Wildman–Crippen MR) is 64.1 cm³/mol. The Kier molecular flexibility index (Phi) is 4.73. The number of carboxylic acids is 1. The number of halogens is 1. The molecule has 0 amide bonds. The van der Waals surface area contributed by atoms with Gasteiger partial charge in [0.15, 0.2) is 0 Å². The standard InChI is InChI=1S/C11H12ClN3O2/c1-2-3-15(7-10(16)17)11-9(12)4-8(5-13)6-14-11/h4,6H,2-3,7H2,1H3,(H,16,17). The molecule has 0 aromatic carbocycles. The topological polar surface area (TPSA) is 77.2 Å². The van der Waals surface area contributed by atoms with Crippen molar-refractivity contribution in [2.24, 2.45) is 0 Å². The monoisotopic (exact) mass is 253 g/mol. The average Bonchev–Trinajstić information content (AvgIpc) is 2.27. The maximum atomic E-state index is 10.7. The first-order chi connectivity index (χ1) is 8.08. The fraction of sp³-hybridized carbons (Fsp3) is 0.364. The molecule has 1 heterocycles. The summed E-state index contributed by atoms with van der Waals surface area (Å²) in [5.74, 6) is -0.546. The molecule has 0 spiro atoms. The summed E-state index contributed by atoms with van der Waals surface area (Å²) in [5.41, 5.74) is 0.352. The third-order valence-electron chi connectivity index (χ3n) is 2.07. The number of hydrogen-bond donors (Lipinski definition) is 1. The second-order valence-electron chi connectivity index (χ2n) is 3.46. The van der Waals surface area contributed by atoms with Crippen LogP contribution >= 0.6 is 11.6 Å². The van der Waals surface area contributed by atoms with Crippen molar-refractivity contribution in [1.82, 2.24) is 4.98 Å². The predicted octanol–water partition coefficient (Wildman–Crippen LogP) is 1.91. The fourth-order valence-corrected chi connectivity index (χ4v) is 1.70. The van der Waals surface area contributed by atoms with E-state index >= 15 is 0 Å². The van der Waals surface area contributed by atoms with E-state index in [1.54, 1.807) is 4.90 Å². The van der Waals surface area contributed by atoms with E-state index < -0.39 is 5.97 Å². The zero-order valence-electron chi connectivity index (χ0n) is 9.35. The smallest absolute Gasteiger partial charge is 0.323 e. The minimum atomic E-state index is -0.944. The van der Waals surface area contributed by atoms with E-state index in [0.29, 0.717) is 22.9 Å². The van der Waals surface area contributed by atoms with Crippen molar-refractivity contribution in [3.8, 4) is 6.07 Å². The summed E-state index contributed by atoms with van der Waals surface area (Å²) in [5, 5.41) is 17.8. The van der Waals surface area contributed by atoms with E-state index in [2.05, 4.69) is 4.98 Å².